The third-order valence-electron chi connectivity index (χ3n) is 2.30. The Balaban J connectivity index is 3.61. The molecule has 0 aromatic carbocycles. The molecule has 0 saturated heterocycles. The number of rotatable bonds is 3. The normalized spacial score (nSPS) is 10.9. The van der Waals surface area contributed by atoms with Crippen molar-refractivity contribution < 1.29 is 9.53 Å². The average Bonchev–Trinajstić information content (AvgIpc) is 2.32. The second kappa shape index (κ2) is 5.44. The van der Waals surface area contributed by atoms with E-state index in [0.717, 1.165) is 10.8 Å². The predicted molar refractivity (Wildman–Crippen MR) is 66.4 cm³/mol. The highest BCUT2D eigenvalue weighted by atomic mass is 16.5. The Kier molecular flexibility index (Phi) is 4.19. The van der Waals surface area contributed by atoms with Crippen LogP contribution in [0.25, 0.3) is 0 Å². The minimum atomic E-state index is -0.549. The van der Waals surface area contributed by atoms with Crippen LogP contribution in [0.4, 0.5) is 0 Å². The molecule has 1 amide bonds. The van der Waals surface area contributed by atoms with E-state index in [2.05, 4.69) is 4.99 Å². The average molecular weight is 253 g/mol. The molecule has 1 aromatic heterocycles. The lowest BCUT2D eigenvalue weighted by Gasteiger charge is -2.12. The summed E-state index contributed by atoms with van der Waals surface area (Å²) in [5.41, 5.74) is -0.966. The van der Waals surface area contributed by atoms with Gasteiger partial charge in [-0.25, -0.2) is 9.79 Å². The maximum absolute atomic E-state index is 11.9. The first kappa shape index (κ1) is 13.9. The highest BCUT2D eigenvalue weighted by Crippen LogP contribution is 2.09. The minimum absolute atomic E-state index is 0.0802. The van der Waals surface area contributed by atoms with Crippen molar-refractivity contribution in [1.82, 2.24) is 9.13 Å². The number of nitrogens with zero attached hydrogens (tertiary/aromatic N) is 3. The summed E-state index contributed by atoms with van der Waals surface area (Å²) in [7, 11) is 2.84. The van der Waals surface area contributed by atoms with Gasteiger partial charge in [0, 0.05) is 27.2 Å². The summed E-state index contributed by atoms with van der Waals surface area (Å²) >= 11 is 0. The number of aliphatic imine (C=N–C) groups is 1. The van der Waals surface area contributed by atoms with Crippen LogP contribution in [0, 0.1) is 0 Å². The number of amides is 1. The zero-order chi connectivity index (χ0) is 13.9. The van der Waals surface area contributed by atoms with Crippen molar-refractivity contribution in [1.29, 1.82) is 0 Å². The van der Waals surface area contributed by atoms with E-state index in [1.54, 1.807) is 6.92 Å². The first-order chi connectivity index (χ1) is 8.40. The van der Waals surface area contributed by atoms with Crippen LogP contribution in [0.1, 0.15) is 19.4 Å². The number of hydrogen-bond acceptors (Lipinski definition) is 4. The van der Waals surface area contributed by atoms with Crippen LogP contribution in [0.5, 0.6) is 5.88 Å². The van der Waals surface area contributed by atoms with Gasteiger partial charge in [-0.05, 0) is 6.92 Å². The molecule has 18 heavy (non-hydrogen) atoms. The van der Waals surface area contributed by atoms with E-state index in [0.29, 0.717) is 6.61 Å². The molecule has 0 aliphatic heterocycles. The van der Waals surface area contributed by atoms with Crippen molar-refractivity contribution in [3.63, 3.8) is 0 Å². The molecular formula is C11H15N3O4. The summed E-state index contributed by atoms with van der Waals surface area (Å²) < 4.78 is 7.40. The summed E-state index contributed by atoms with van der Waals surface area (Å²) in [6, 6.07) is 0. The van der Waals surface area contributed by atoms with Crippen LogP contribution in [0.2, 0.25) is 0 Å². The Bertz CT molecular complexity index is 610. The maximum Gasteiger partial charge on any atom is 0.333 e. The number of aromatic nitrogens is 2. The van der Waals surface area contributed by atoms with E-state index >= 15 is 0 Å². The monoisotopic (exact) mass is 253 g/mol. The van der Waals surface area contributed by atoms with Gasteiger partial charge >= 0.3 is 5.69 Å². The molecule has 0 N–H and O–H groups in total. The van der Waals surface area contributed by atoms with Crippen LogP contribution < -0.4 is 16.0 Å². The molecule has 7 heteroatoms. The van der Waals surface area contributed by atoms with Crippen LogP contribution in [0.15, 0.2) is 14.6 Å². The van der Waals surface area contributed by atoms with Gasteiger partial charge in [0.2, 0.25) is 11.8 Å². The highest BCUT2D eigenvalue weighted by molar-refractivity contribution is 5.91. The van der Waals surface area contributed by atoms with Crippen molar-refractivity contribution in [3.05, 3.63) is 26.4 Å². The van der Waals surface area contributed by atoms with Crippen LogP contribution >= 0.6 is 0 Å². The fourth-order valence-electron chi connectivity index (χ4n) is 1.43. The van der Waals surface area contributed by atoms with Crippen LogP contribution in [-0.2, 0) is 18.9 Å². The van der Waals surface area contributed by atoms with Crippen molar-refractivity contribution in [3.8, 4) is 5.88 Å². The molecule has 0 fully saturated rings. The van der Waals surface area contributed by atoms with Gasteiger partial charge in [0.1, 0.15) is 5.56 Å². The predicted octanol–water partition coefficient (Wildman–Crippen LogP) is -0.552. The second-order valence-corrected chi connectivity index (χ2v) is 3.63. The van der Waals surface area contributed by atoms with Gasteiger partial charge in [0.25, 0.3) is 5.56 Å². The fourth-order valence-corrected chi connectivity index (χ4v) is 1.43. The van der Waals surface area contributed by atoms with Gasteiger partial charge in [-0.2, -0.15) is 0 Å². The molecule has 0 unspecified atom stereocenters. The molecule has 0 aliphatic rings. The molecule has 1 rings (SSSR count). The van der Waals surface area contributed by atoms with E-state index in [1.165, 1.54) is 25.6 Å². The van der Waals surface area contributed by atoms with Crippen LogP contribution in [0.3, 0.4) is 0 Å². The lowest BCUT2D eigenvalue weighted by atomic mass is 10.3. The lowest BCUT2D eigenvalue weighted by Crippen LogP contribution is -2.39. The number of hydrogen-bond donors (Lipinski definition) is 0. The molecule has 98 valence electrons. The standard InChI is InChI=1S/C11H15N3O4/c1-5-18-10-8(6-12-7(2)15)9(16)13(3)11(17)14(10)4/h6H,5H2,1-4H3. The smallest absolute Gasteiger partial charge is 0.333 e. The SMILES string of the molecule is CCOc1c(C=NC(C)=O)c(=O)n(C)c(=O)n1C. The Morgan fingerprint density at radius 1 is 1.33 bits per heavy atom. The number of ether oxygens (including phenoxy) is 1. The van der Waals surface area contributed by atoms with E-state index in [4.69, 9.17) is 4.74 Å². The van der Waals surface area contributed by atoms with E-state index in [9.17, 15) is 14.4 Å². The van der Waals surface area contributed by atoms with Gasteiger partial charge in [-0.3, -0.25) is 18.7 Å². The van der Waals surface area contributed by atoms with E-state index < -0.39 is 17.2 Å². The van der Waals surface area contributed by atoms with Gasteiger partial charge in [0.15, 0.2) is 0 Å². The largest absolute Gasteiger partial charge is 0.478 e. The van der Waals surface area contributed by atoms with E-state index in [1.807, 2.05) is 0 Å². The van der Waals surface area contributed by atoms with Gasteiger partial charge < -0.3 is 4.74 Å². The first-order valence-corrected chi connectivity index (χ1v) is 5.37. The highest BCUT2D eigenvalue weighted by Gasteiger charge is 2.15. The Labute approximate surface area is 103 Å². The topological polar surface area (TPSA) is 82.7 Å². The van der Waals surface area contributed by atoms with Crippen LogP contribution in [-0.4, -0.2) is 27.9 Å². The summed E-state index contributed by atoms with van der Waals surface area (Å²) in [6.07, 6.45) is 1.12. The maximum atomic E-state index is 11.9. The molecule has 0 saturated carbocycles. The summed E-state index contributed by atoms with van der Waals surface area (Å²) in [4.78, 5) is 38.0. The molecule has 1 heterocycles. The van der Waals surface area contributed by atoms with Crippen molar-refractivity contribution >= 4 is 12.1 Å². The summed E-state index contributed by atoms with van der Waals surface area (Å²) in [5, 5.41) is 0. The Morgan fingerprint density at radius 3 is 2.44 bits per heavy atom. The molecule has 0 radical (unpaired) electrons. The van der Waals surface area contributed by atoms with Gasteiger partial charge in [0.05, 0.1) is 6.61 Å². The third kappa shape index (κ3) is 2.55. The first-order valence-electron chi connectivity index (χ1n) is 5.37. The molecular weight excluding hydrogens is 238 g/mol. The van der Waals surface area contributed by atoms with E-state index in [-0.39, 0.29) is 11.4 Å². The van der Waals surface area contributed by atoms with Crippen molar-refractivity contribution in [2.75, 3.05) is 6.61 Å². The zero-order valence-electron chi connectivity index (χ0n) is 10.8. The molecule has 0 atom stereocenters. The second-order valence-electron chi connectivity index (χ2n) is 3.63. The zero-order valence-corrected chi connectivity index (χ0v) is 10.8. The quantitative estimate of drug-likeness (QED) is 0.676. The third-order valence-corrected chi connectivity index (χ3v) is 2.30. The molecule has 0 spiro atoms. The molecule has 7 nitrogen and oxygen atoms in total. The van der Waals surface area contributed by atoms with Crippen molar-refractivity contribution in [2.24, 2.45) is 19.1 Å². The number of carbonyl (C=O) groups excluding carboxylic acids is 1. The summed E-state index contributed by atoms with van der Waals surface area (Å²) in [5.74, 6) is -0.330. The fraction of sp³-hybridized carbons (Fsp3) is 0.455. The minimum Gasteiger partial charge on any atom is -0.478 e. The molecule has 0 aliphatic carbocycles. The lowest BCUT2D eigenvalue weighted by molar-refractivity contribution is -0.115. The Hall–Kier alpha value is -2.18. The Morgan fingerprint density at radius 2 is 1.94 bits per heavy atom. The van der Waals surface area contributed by atoms with Gasteiger partial charge in [-0.15, -0.1) is 0 Å². The molecule has 0 bridgehead atoms. The molecule has 1 aromatic rings. The number of carbonyl (C=O) groups is 1. The van der Waals surface area contributed by atoms with Crippen molar-refractivity contribution in [2.45, 2.75) is 13.8 Å². The summed E-state index contributed by atoms with van der Waals surface area (Å²) in [6.45, 7) is 3.29. The van der Waals surface area contributed by atoms with Gasteiger partial charge in [-0.1, -0.05) is 0 Å².